The van der Waals surface area contributed by atoms with Gasteiger partial charge in [-0.2, -0.15) is 0 Å². The fourth-order valence-corrected chi connectivity index (χ4v) is 8.09. The molecule has 0 aromatic rings. The van der Waals surface area contributed by atoms with Gasteiger partial charge < -0.3 is 10.2 Å². The number of ketones is 1. The molecule has 0 aliphatic heterocycles. The van der Waals surface area contributed by atoms with Gasteiger partial charge in [0.2, 0.25) is 0 Å². The average Bonchev–Trinajstić information content (AvgIpc) is 2.83. The van der Waals surface area contributed by atoms with E-state index in [-0.39, 0.29) is 28.8 Å². The van der Waals surface area contributed by atoms with Crippen molar-refractivity contribution in [2.24, 2.45) is 34.5 Å². The second kappa shape index (κ2) is 5.42. The number of aliphatic hydroxyl groups is 2. The van der Waals surface area contributed by atoms with Gasteiger partial charge >= 0.3 is 0 Å². The summed E-state index contributed by atoms with van der Waals surface area (Å²) in [7, 11) is 0. The van der Waals surface area contributed by atoms with E-state index < -0.39 is 5.60 Å². The standard InChI is InChI=1S/C22H34O3/c1-13(23)17-7-8-18-16-6-5-14-11-15(24)9-10-20(14,2)19(16)22(4,25)12-21(17,18)3/h5,15-19,24-25H,6-12H2,1-4H3/t15-,16?,17+,18?,19?,20-,21+,22?/m0/s1. The molecule has 4 aliphatic rings. The van der Waals surface area contributed by atoms with E-state index in [4.69, 9.17) is 0 Å². The summed E-state index contributed by atoms with van der Waals surface area (Å²) in [6.45, 7) is 8.37. The quantitative estimate of drug-likeness (QED) is 0.709. The van der Waals surface area contributed by atoms with E-state index in [0.29, 0.717) is 17.6 Å². The minimum absolute atomic E-state index is 0.00128. The van der Waals surface area contributed by atoms with Gasteiger partial charge in [-0.3, -0.25) is 4.79 Å². The third kappa shape index (κ3) is 2.34. The highest BCUT2D eigenvalue weighted by atomic mass is 16.3. The Morgan fingerprint density at radius 1 is 1.20 bits per heavy atom. The van der Waals surface area contributed by atoms with E-state index in [1.165, 1.54) is 5.57 Å². The van der Waals surface area contributed by atoms with Gasteiger partial charge in [0.05, 0.1) is 11.7 Å². The summed E-state index contributed by atoms with van der Waals surface area (Å²) in [5.41, 5.74) is 0.565. The zero-order valence-corrected chi connectivity index (χ0v) is 16.2. The summed E-state index contributed by atoms with van der Waals surface area (Å²) in [5, 5.41) is 21.8. The van der Waals surface area contributed by atoms with Crippen molar-refractivity contribution in [1.29, 1.82) is 0 Å². The van der Waals surface area contributed by atoms with Gasteiger partial charge in [-0.25, -0.2) is 0 Å². The maximum Gasteiger partial charge on any atom is 0.133 e. The minimum Gasteiger partial charge on any atom is -0.393 e. The molecule has 3 nitrogen and oxygen atoms in total. The van der Waals surface area contributed by atoms with E-state index in [1.807, 2.05) is 6.92 Å². The number of hydrogen-bond donors (Lipinski definition) is 2. The van der Waals surface area contributed by atoms with Crippen LogP contribution < -0.4 is 0 Å². The van der Waals surface area contributed by atoms with E-state index in [0.717, 1.165) is 44.9 Å². The Kier molecular flexibility index (Phi) is 3.84. The molecule has 0 spiro atoms. The molecule has 3 saturated carbocycles. The molecule has 8 atom stereocenters. The number of aliphatic hydroxyl groups excluding tert-OH is 1. The zero-order valence-electron chi connectivity index (χ0n) is 16.2. The lowest BCUT2D eigenvalue weighted by molar-refractivity contribution is -0.180. The number of fused-ring (bicyclic) bond motifs is 5. The fourth-order valence-electron chi connectivity index (χ4n) is 8.09. The molecule has 140 valence electrons. The lowest BCUT2D eigenvalue weighted by atomic mass is 9.43. The van der Waals surface area contributed by atoms with E-state index in [1.54, 1.807) is 6.92 Å². The Morgan fingerprint density at radius 3 is 2.60 bits per heavy atom. The first kappa shape index (κ1) is 17.7. The molecule has 0 bridgehead atoms. The predicted octanol–water partition coefficient (Wildman–Crippen LogP) is 3.88. The van der Waals surface area contributed by atoms with Crippen molar-refractivity contribution in [3.63, 3.8) is 0 Å². The van der Waals surface area contributed by atoms with Crippen LogP contribution in [0.2, 0.25) is 0 Å². The number of rotatable bonds is 1. The summed E-state index contributed by atoms with van der Waals surface area (Å²) >= 11 is 0. The second-order valence-corrected chi connectivity index (χ2v) is 10.3. The normalized spacial score (nSPS) is 55.0. The highest BCUT2D eigenvalue weighted by Crippen LogP contribution is 2.68. The van der Waals surface area contributed by atoms with Crippen molar-refractivity contribution >= 4 is 5.78 Å². The number of carbonyl (C=O) groups excluding carboxylic acids is 1. The van der Waals surface area contributed by atoms with Crippen LogP contribution in [0, 0.1) is 34.5 Å². The second-order valence-electron chi connectivity index (χ2n) is 10.3. The molecule has 4 aliphatic carbocycles. The van der Waals surface area contributed by atoms with Gasteiger partial charge in [-0.15, -0.1) is 0 Å². The summed E-state index contributed by atoms with van der Waals surface area (Å²) in [6.07, 6.45) is 8.60. The molecule has 4 rings (SSSR count). The van der Waals surface area contributed by atoms with Crippen LogP contribution in [0.5, 0.6) is 0 Å². The first-order valence-electron chi connectivity index (χ1n) is 10.2. The largest absolute Gasteiger partial charge is 0.393 e. The van der Waals surface area contributed by atoms with Crippen LogP contribution in [0.25, 0.3) is 0 Å². The lowest BCUT2D eigenvalue weighted by Crippen LogP contribution is -2.61. The van der Waals surface area contributed by atoms with Crippen molar-refractivity contribution < 1.29 is 15.0 Å². The maximum atomic E-state index is 12.3. The molecular weight excluding hydrogens is 312 g/mol. The Bertz CT molecular complexity index is 621. The molecule has 0 heterocycles. The van der Waals surface area contributed by atoms with Crippen LogP contribution in [-0.2, 0) is 4.79 Å². The van der Waals surface area contributed by atoms with Gasteiger partial charge in [0.1, 0.15) is 5.78 Å². The van der Waals surface area contributed by atoms with Crippen LogP contribution in [-0.4, -0.2) is 27.7 Å². The average molecular weight is 347 g/mol. The van der Waals surface area contributed by atoms with E-state index in [9.17, 15) is 15.0 Å². The highest BCUT2D eigenvalue weighted by Gasteiger charge is 2.65. The van der Waals surface area contributed by atoms with Crippen molar-refractivity contribution in [2.75, 3.05) is 0 Å². The topological polar surface area (TPSA) is 57.5 Å². The molecule has 3 heteroatoms. The van der Waals surface area contributed by atoms with Crippen LogP contribution in [0.15, 0.2) is 11.6 Å². The first-order chi connectivity index (χ1) is 11.6. The third-order valence-corrected chi connectivity index (χ3v) is 8.76. The summed E-state index contributed by atoms with van der Waals surface area (Å²) in [5.74, 6) is 1.65. The molecule has 0 saturated heterocycles. The Balaban J connectivity index is 1.77. The van der Waals surface area contributed by atoms with Gasteiger partial charge in [0.25, 0.3) is 0 Å². The Morgan fingerprint density at radius 2 is 1.92 bits per heavy atom. The Labute approximate surface area is 151 Å². The van der Waals surface area contributed by atoms with Crippen molar-refractivity contribution in [1.82, 2.24) is 0 Å². The lowest BCUT2D eigenvalue weighted by Gasteiger charge is -2.63. The van der Waals surface area contributed by atoms with Crippen molar-refractivity contribution in [3.8, 4) is 0 Å². The molecule has 0 aromatic heterocycles. The highest BCUT2D eigenvalue weighted by molar-refractivity contribution is 5.79. The molecule has 2 N–H and O–H groups in total. The number of hydrogen-bond acceptors (Lipinski definition) is 3. The monoisotopic (exact) mass is 346 g/mol. The zero-order chi connectivity index (χ0) is 18.2. The van der Waals surface area contributed by atoms with Crippen LogP contribution in [0.4, 0.5) is 0 Å². The maximum absolute atomic E-state index is 12.3. The van der Waals surface area contributed by atoms with Gasteiger partial charge in [-0.05, 0) is 87.4 Å². The molecule has 0 radical (unpaired) electrons. The fraction of sp³-hybridized carbons (Fsp3) is 0.864. The smallest absolute Gasteiger partial charge is 0.133 e. The van der Waals surface area contributed by atoms with Crippen LogP contribution in [0.3, 0.4) is 0 Å². The summed E-state index contributed by atoms with van der Waals surface area (Å²) < 4.78 is 0. The van der Waals surface area contributed by atoms with E-state index in [2.05, 4.69) is 19.9 Å². The molecule has 0 aromatic carbocycles. The first-order valence-corrected chi connectivity index (χ1v) is 10.2. The summed E-state index contributed by atoms with van der Waals surface area (Å²) in [4.78, 5) is 12.3. The molecule has 0 amide bonds. The number of allylic oxidation sites excluding steroid dienone is 1. The van der Waals surface area contributed by atoms with Gasteiger partial charge in [0.15, 0.2) is 0 Å². The van der Waals surface area contributed by atoms with Crippen LogP contribution in [0.1, 0.15) is 72.6 Å². The number of Topliss-reactive ketones (excluding diaryl/α,β-unsaturated/α-hetero) is 1. The van der Waals surface area contributed by atoms with Gasteiger partial charge in [-0.1, -0.05) is 25.5 Å². The molecule has 25 heavy (non-hydrogen) atoms. The summed E-state index contributed by atoms with van der Waals surface area (Å²) in [6, 6.07) is 0. The van der Waals surface area contributed by atoms with Gasteiger partial charge in [0, 0.05) is 5.92 Å². The molecular formula is C22H34O3. The minimum atomic E-state index is -0.746. The number of carbonyl (C=O) groups is 1. The van der Waals surface area contributed by atoms with Crippen molar-refractivity contribution in [2.45, 2.75) is 84.3 Å². The van der Waals surface area contributed by atoms with Crippen LogP contribution >= 0.6 is 0 Å². The Hall–Kier alpha value is -0.670. The third-order valence-electron chi connectivity index (χ3n) is 8.76. The van der Waals surface area contributed by atoms with E-state index >= 15 is 0 Å². The molecule has 4 unspecified atom stereocenters. The predicted molar refractivity (Wildman–Crippen MR) is 97.9 cm³/mol. The molecule has 3 fully saturated rings. The SMILES string of the molecule is CC(=O)[C@H]1CCC2C3CC=C4C[C@@H](O)CC[C@]4(C)C3C(C)(O)C[C@@]21C. The van der Waals surface area contributed by atoms with Crippen molar-refractivity contribution in [3.05, 3.63) is 11.6 Å².